The molecule has 2 aliphatic rings. The molecule has 21 heavy (non-hydrogen) atoms. The maximum atomic E-state index is 12.9. The Hall–Kier alpha value is -0.0500. The highest BCUT2D eigenvalue weighted by molar-refractivity contribution is 9.09. The zero-order valence-electron chi connectivity index (χ0n) is 14.0. The molecule has 1 atom stereocenters. The monoisotopic (exact) mass is 357 g/mol. The lowest BCUT2D eigenvalue weighted by Gasteiger charge is -2.41. The molecule has 2 fully saturated rings. The van der Waals surface area contributed by atoms with Gasteiger partial charge in [0.2, 0.25) is 5.91 Å². The van der Waals surface area contributed by atoms with Crippen molar-refractivity contribution in [3.63, 3.8) is 0 Å². The lowest BCUT2D eigenvalue weighted by Crippen LogP contribution is -2.47. The highest BCUT2D eigenvalue weighted by Crippen LogP contribution is 2.40. The van der Waals surface area contributed by atoms with Crippen molar-refractivity contribution >= 4 is 21.8 Å². The molecule has 0 spiro atoms. The third-order valence-corrected chi connectivity index (χ3v) is 6.11. The van der Waals surface area contributed by atoms with Gasteiger partial charge in [0.15, 0.2) is 0 Å². The third kappa shape index (κ3) is 4.46. The fraction of sp³-hybridized carbons (Fsp3) is 0.944. The van der Waals surface area contributed by atoms with Crippen LogP contribution >= 0.6 is 15.9 Å². The summed E-state index contributed by atoms with van der Waals surface area (Å²) in [5, 5.41) is 1.01. The van der Waals surface area contributed by atoms with E-state index in [2.05, 4.69) is 41.6 Å². The van der Waals surface area contributed by atoms with Crippen LogP contribution in [0.4, 0.5) is 0 Å². The second kappa shape index (κ2) is 7.48. The lowest BCUT2D eigenvalue weighted by atomic mass is 9.69. The van der Waals surface area contributed by atoms with Crippen LogP contribution in [-0.2, 0) is 4.79 Å². The maximum absolute atomic E-state index is 12.9. The first-order chi connectivity index (χ1) is 9.93. The Morgan fingerprint density at radius 2 is 1.76 bits per heavy atom. The van der Waals surface area contributed by atoms with E-state index in [4.69, 9.17) is 0 Å². The minimum Gasteiger partial charge on any atom is -0.339 e. The van der Waals surface area contributed by atoms with E-state index in [0.29, 0.717) is 23.3 Å². The summed E-state index contributed by atoms with van der Waals surface area (Å²) >= 11 is 3.55. The first-order valence-electron chi connectivity index (χ1n) is 8.80. The molecule has 0 aromatic rings. The standard InChI is InChI=1S/C18H32BrNO/c1-18(2,3)15-9-7-14(8-10-15)17(21)20-13-5-4-6-16(20)11-12-19/h14-16H,4-13H2,1-3H3. The minimum atomic E-state index is 0.305. The molecule has 0 bridgehead atoms. The molecule has 1 aliphatic carbocycles. The molecule has 0 radical (unpaired) electrons. The predicted octanol–water partition coefficient (Wildman–Crippen LogP) is 5.01. The molecule has 2 rings (SSSR count). The van der Waals surface area contributed by atoms with Crippen molar-refractivity contribution in [3.05, 3.63) is 0 Å². The van der Waals surface area contributed by atoms with Crippen LogP contribution in [0.15, 0.2) is 0 Å². The van der Waals surface area contributed by atoms with E-state index in [1.54, 1.807) is 0 Å². The summed E-state index contributed by atoms with van der Waals surface area (Å²) in [6.07, 6.45) is 9.49. The summed E-state index contributed by atoms with van der Waals surface area (Å²) < 4.78 is 0. The van der Waals surface area contributed by atoms with Gasteiger partial charge >= 0.3 is 0 Å². The van der Waals surface area contributed by atoms with Crippen molar-refractivity contribution in [1.82, 2.24) is 4.90 Å². The number of alkyl halides is 1. The molecule has 1 saturated heterocycles. The molecule has 1 aliphatic heterocycles. The van der Waals surface area contributed by atoms with Gasteiger partial charge in [0.1, 0.15) is 0 Å². The average Bonchev–Trinajstić information content (AvgIpc) is 2.47. The summed E-state index contributed by atoms with van der Waals surface area (Å²) in [6.45, 7) is 8.03. The molecular weight excluding hydrogens is 326 g/mol. The molecule has 0 aromatic carbocycles. The molecule has 2 nitrogen and oxygen atoms in total. The summed E-state index contributed by atoms with van der Waals surface area (Å²) in [4.78, 5) is 15.1. The number of carbonyl (C=O) groups is 1. The Balaban J connectivity index is 1.91. The van der Waals surface area contributed by atoms with Gasteiger partial charge < -0.3 is 4.90 Å². The largest absolute Gasteiger partial charge is 0.339 e. The van der Waals surface area contributed by atoms with Crippen molar-refractivity contribution in [2.24, 2.45) is 17.3 Å². The van der Waals surface area contributed by atoms with Gasteiger partial charge in [-0.1, -0.05) is 36.7 Å². The third-order valence-electron chi connectivity index (χ3n) is 5.65. The van der Waals surface area contributed by atoms with Gasteiger partial charge in [0.05, 0.1) is 0 Å². The highest BCUT2D eigenvalue weighted by Gasteiger charge is 2.36. The van der Waals surface area contributed by atoms with Crippen LogP contribution in [0.1, 0.15) is 72.1 Å². The van der Waals surface area contributed by atoms with E-state index in [-0.39, 0.29) is 0 Å². The summed E-state index contributed by atoms with van der Waals surface area (Å²) in [6, 6.07) is 0.492. The van der Waals surface area contributed by atoms with Gasteiger partial charge in [0.25, 0.3) is 0 Å². The second-order valence-electron chi connectivity index (χ2n) is 8.07. The van der Waals surface area contributed by atoms with Gasteiger partial charge in [-0.25, -0.2) is 0 Å². The molecule has 1 heterocycles. The van der Waals surface area contributed by atoms with E-state index < -0.39 is 0 Å². The van der Waals surface area contributed by atoms with Crippen LogP contribution in [0, 0.1) is 17.3 Å². The number of nitrogens with zero attached hydrogens (tertiary/aromatic N) is 1. The zero-order chi connectivity index (χ0) is 15.5. The van der Waals surface area contributed by atoms with Crippen LogP contribution in [0.3, 0.4) is 0 Å². The minimum absolute atomic E-state index is 0.305. The SMILES string of the molecule is CC(C)(C)C1CCC(C(=O)N2CCCCC2CCBr)CC1. The van der Waals surface area contributed by atoms with Crippen LogP contribution < -0.4 is 0 Å². The van der Waals surface area contributed by atoms with Crippen molar-refractivity contribution in [2.45, 2.75) is 78.2 Å². The smallest absolute Gasteiger partial charge is 0.225 e. The number of hydrogen-bond acceptors (Lipinski definition) is 1. The number of hydrogen-bond donors (Lipinski definition) is 0. The first-order valence-corrected chi connectivity index (χ1v) is 9.92. The van der Waals surface area contributed by atoms with Crippen LogP contribution in [0.25, 0.3) is 0 Å². The maximum Gasteiger partial charge on any atom is 0.225 e. The summed E-state index contributed by atoms with van der Waals surface area (Å²) in [5.74, 6) is 1.56. The quantitative estimate of drug-likeness (QED) is 0.650. The number of carbonyl (C=O) groups excluding carboxylic acids is 1. The van der Waals surface area contributed by atoms with E-state index >= 15 is 0 Å². The Labute approximate surface area is 139 Å². The molecule has 0 N–H and O–H groups in total. The Bertz CT molecular complexity index is 340. The van der Waals surface area contributed by atoms with Crippen LogP contribution in [-0.4, -0.2) is 28.7 Å². The Kier molecular flexibility index (Phi) is 6.16. The van der Waals surface area contributed by atoms with Crippen molar-refractivity contribution in [3.8, 4) is 0 Å². The number of amides is 1. The number of piperidine rings is 1. The Morgan fingerprint density at radius 3 is 2.33 bits per heavy atom. The van der Waals surface area contributed by atoms with Crippen LogP contribution in [0.5, 0.6) is 0 Å². The number of halogens is 1. The molecule has 1 saturated carbocycles. The molecule has 1 amide bonds. The zero-order valence-corrected chi connectivity index (χ0v) is 15.6. The van der Waals surface area contributed by atoms with Gasteiger partial charge in [-0.3, -0.25) is 4.79 Å². The van der Waals surface area contributed by atoms with Crippen molar-refractivity contribution < 1.29 is 4.79 Å². The molecule has 3 heteroatoms. The van der Waals surface area contributed by atoms with Gasteiger partial charge in [0, 0.05) is 23.8 Å². The van der Waals surface area contributed by atoms with E-state index in [9.17, 15) is 4.79 Å². The highest BCUT2D eigenvalue weighted by atomic mass is 79.9. The van der Waals surface area contributed by atoms with E-state index in [1.165, 1.54) is 32.1 Å². The van der Waals surface area contributed by atoms with E-state index in [0.717, 1.165) is 37.1 Å². The molecular formula is C18H32BrNO. The predicted molar refractivity (Wildman–Crippen MR) is 92.7 cm³/mol. The Morgan fingerprint density at radius 1 is 1.10 bits per heavy atom. The fourth-order valence-electron chi connectivity index (χ4n) is 4.16. The topological polar surface area (TPSA) is 20.3 Å². The summed E-state index contributed by atoms with van der Waals surface area (Å²) in [5.41, 5.74) is 0.400. The second-order valence-corrected chi connectivity index (χ2v) is 8.87. The van der Waals surface area contributed by atoms with Gasteiger partial charge in [-0.2, -0.15) is 0 Å². The molecule has 1 unspecified atom stereocenters. The van der Waals surface area contributed by atoms with Gasteiger partial charge in [-0.15, -0.1) is 0 Å². The normalized spacial score (nSPS) is 31.2. The fourth-order valence-corrected chi connectivity index (χ4v) is 4.69. The lowest BCUT2D eigenvalue weighted by molar-refractivity contribution is -0.141. The van der Waals surface area contributed by atoms with Gasteiger partial charge in [-0.05, 0) is 62.7 Å². The first kappa shape index (κ1) is 17.3. The molecule has 122 valence electrons. The molecule has 0 aromatic heterocycles. The van der Waals surface area contributed by atoms with E-state index in [1.807, 2.05) is 0 Å². The van der Waals surface area contributed by atoms with Crippen molar-refractivity contribution in [2.75, 3.05) is 11.9 Å². The number of rotatable bonds is 3. The number of likely N-dealkylation sites (tertiary alicyclic amines) is 1. The summed E-state index contributed by atoms with van der Waals surface area (Å²) in [7, 11) is 0. The van der Waals surface area contributed by atoms with Crippen molar-refractivity contribution in [1.29, 1.82) is 0 Å². The van der Waals surface area contributed by atoms with Crippen LogP contribution in [0.2, 0.25) is 0 Å². The average molecular weight is 358 g/mol.